The molecule has 2 unspecified atom stereocenters. The summed E-state index contributed by atoms with van der Waals surface area (Å²) in [4.78, 5) is 45.5. The van der Waals surface area contributed by atoms with Crippen LogP contribution in [0.1, 0.15) is 50.1 Å². The third-order valence-corrected chi connectivity index (χ3v) is 8.42. The number of nitrogens with zero attached hydrogens (tertiary/aromatic N) is 2. The van der Waals surface area contributed by atoms with Crippen molar-refractivity contribution in [3.63, 3.8) is 0 Å². The molecule has 3 N–H and O–H groups in total. The second kappa shape index (κ2) is 11.4. The Morgan fingerprint density at radius 2 is 1.89 bits per heavy atom. The molecule has 1 saturated heterocycles. The Morgan fingerprint density at radius 3 is 2.58 bits per heavy atom. The molecule has 2 aromatic heterocycles. The normalized spacial score (nSPS) is 19.7. The van der Waals surface area contributed by atoms with Gasteiger partial charge >= 0.3 is 0 Å². The number of amides is 2. The van der Waals surface area contributed by atoms with Crippen molar-refractivity contribution in [2.75, 3.05) is 6.54 Å². The minimum atomic E-state index is -4.40. The van der Waals surface area contributed by atoms with Crippen LogP contribution in [0.15, 0.2) is 64.2 Å². The van der Waals surface area contributed by atoms with E-state index in [9.17, 15) is 22.8 Å². The second-order valence-corrected chi connectivity index (χ2v) is 11.9. The summed E-state index contributed by atoms with van der Waals surface area (Å²) in [5.41, 5.74) is 6.59. The van der Waals surface area contributed by atoms with E-state index < -0.39 is 44.9 Å². The summed E-state index contributed by atoms with van der Waals surface area (Å²) in [6.07, 6.45) is 2.84. The van der Waals surface area contributed by atoms with Crippen LogP contribution in [0, 0.1) is 5.92 Å². The van der Waals surface area contributed by atoms with E-state index in [1.54, 1.807) is 30.3 Å². The Labute approximate surface area is 221 Å². The summed E-state index contributed by atoms with van der Waals surface area (Å²) in [6.45, 7) is 3.78. The first-order valence-corrected chi connectivity index (χ1v) is 14.2. The monoisotopic (exact) mass is 540 g/mol. The van der Waals surface area contributed by atoms with Crippen LogP contribution in [0.25, 0.3) is 11.0 Å². The number of Topliss-reactive ketones (excluding diaryl/α,β-unsaturated/α-hetero) is 1. The molecular formula is C27H32N4O6S. The molecule has 38 heavy (non-hydrogen) atoms. The number of carbonyl (C=O) groups excluding carboxylic acids is 3. The van der Waals surface area contributed by atoms with Gasteiger partial charge in [0.25, 0.3) is 5.91 Å². The molecule has 3 atom stereocenters. The molecule has 1 aliphatic heterocycles. The van der Waals surface area contributed by atoms with Crippen molar-refractivity contribution in [1.82, 2.24) is 15.2 Å². The molecule has 202 valence electrons. The lowest BCUT2D eigenvalue weighted by Gasteiger charge is -2.36. The number of carbonyl (C=O) groups is 3. The average Bonchev–Trinajstić information content (AvgIpc) is 3.33. The Hall–Kier alpha value is -3.57. The molecule has 0 spiro atoms. The molecule has 3 aromatic rings. The van der Waals surface area contributed by atoms with Crippen LogP contribution >= 0.6 is 0 Å². The molecular weight excluding hydrogens is 508 g/mol. The predicted octanol–water partition coefficient (Wildman–Crippen LogP) is 2.68. The van der Waals surface area contributed by atoms with Crippen molar-refractivity contribution < 1.29 is 27.2 Å². The largest absolute Gasteiger partial charge is 0.451 e. The molecule has 1 fully saturated rings. The van der Waals surface area contributed by atoms with E-state index in [1.807, 2.05) is 19.9 Å². The highest BCUT2D eigenvalue weighted by atomic mass is 32.2. The van der Waals surface area contributed by atoms with Crippen LogP contribution in [-0.4, -0.2) is 59.9 Å². The fourth-order valence-electron chi connectivity index (χ4n) is 4.63. The van der Waals surface area contributed by atoms with Gasteiger partial charge in [-0.25, -0.2) is 13.4 Å². The van der Waals surface area contributed by atoms with E-state index in [1.165, 1.54) is 18.3 Å². The second-order valence-electron chi connectivity index (χ2n) is 9.91. The van der Waals surface area contributed by atoms with Gasteiger partial charge in [0.15, 0.2) is 16.6 Å². The Kier molecular flexibility index (Phi) is 8.27. The van der Waals surface area contributed by atoms with Gasteiger partial charge in [0, 0.05) is 18.1 Å². The number of para-hydroxylation sites is 1. The van der Waals surface area contributed by atoms with E-state index in [0.717, 1.165) is 10.3 Å². The lowest BCUT2D eigenvalue weighted by molar-refractivity contribution is -0.139. The number of hydrogen-bond donors (Lipinski definition) is 2. The van der Waals surface area contributed by atoms with E-state index >= 15 is 0 Å². The highest BCUT2D eigenvalue weighted by molar-refractivity contribution is 7.92. The van der Waals surface area contributed by atoms with Crippen molar-refractivity contribution >= 4 is 38.4 Å². The molecule has 4 rings (SSSR count). The van der Waals surface area contributed by atoms with Crippen LogP contribution < -0.4 is 11.1 Å². The number of aromatic nitrogens is 1. The predicted molar refractivity (Wildman–Crippen MR) is 141 cm³/mol. The SMILES string of the molecule is CC(C)C[C@H](NC(=O)c1cc2ccccc2o1)C(=O)N1CCCCC(N)C(=O)C1S(=O)(=O)c1ccccn1. The maximum atomic E-state index is 14.0. The van der Waals surface area contributed by atoms with Gasteiger partial charge in [0.05, 0.1) is 6.04 Å². The maximum absolute atomic E-state index is 14.0. The fraction of sp³-hybridized carbons (Fsp3) is 0.407. The Balaban J connectivity index is 1.70. The van der Waals surface area contributed by atoms with Crippen molar-refractivity contribution in [2.24, 2.45) is 11.7 Å². The summed E-state index contributed by atoms with van der Waals surface area (Å²) in [7, 11) is -4.40. The summed E-state index contributed by atoms with van der Waals surface area (Å²) >= 11 is 0. The van der Waals surface area contributed by atoms with Gasteiger partial charge in [-0.15, -0.1) is 0 Å². The van der Waals surface area contributed by atoms with Crippen LogP contribution in [0.3, 0.4) is 0 Å². The molecule has 2 amide bonds. The van der Waals surface area contributed by atoms with Gasteiger partial charge in [0.2, 0.25) is 21.1 Å². The highest BCUT2D eigenvalue weighted by Gasteiger charge is 2.46. The van der Waals surface area contributed by atoms with Gasteiger partial charge in [-0.1, -0.05) is 38.1 Å². The zero-order valence-corrected chi connectivity index (χ0v) is 22.2. The third-order valence-electron chi connectivity index (χ3n) is 6.52. The van der Waals surface area contributed by atoms with Gasteiger partial charge in [-0.3, -0.25) is 14.4 Å². The molecule has 3 heterocycles. The summed E-state index contributed by atoms with van der Waals surface area (Å²) in [5.74, 6) is -2.06. The number of sulfone groups is 1. The smallest absolute Gasteiger partial charge is 0.287 e. The van der Waals surface area contributed by atoms with Crippen molar-refractivity contribution in [1.29, 1.82) is 0 Å². The van der Waals surface area contributed by atoms with Gasteiger partial charge in [-0.05, 0) is 55.9 Å². The molecule has 0 saturated carbocycles. The van der Waals surface area contributed by atoms with E-state index in [4.69, 9.17) is 10.2 Å². The number of pyridine rings is 1. The van der Waals surface area contributed by atoms with Crippen molar-refractivity contribution in [3.05, 3.63) is 60.5 Å². The topological polar surface area (TPSA) is 153 Å². The first kappa shape index (κ1) is 27.5. The minimum Gasteiger partial charge on any atom is -0.451 e. The number of rotatable bonds is 7. The van der Waals surface area contributed by atoms with E-state index in [2.05, 4.69) is 10.3 Å². The highest BCUT2D eigenvalue weighted by Crippen LogP contribution is 2.25. The van der Waals surface area contributed by atoms with Gasteiger partial charge < -0.3 is 20.4 Å². The van der Waals surface area contributed by atoms with Crippen LogP contribution in [0.2, 0.25) is 0 Å². The first-order valence-electron chi connectivity index (χ1n) is 12.6. The summed E-state index contributed by atoms with van der Waals surface area (Å²) < 4.78 is 33.0. The van der Waals surface area contributed by atoms with Crippen molar-refractivity contribution in [2.45, 2.75) is 62.0 Å². The molecule has 1 aromatic carbocycles. The van der Waals surface area contributed by atoms with Gasteiger partial charge in [0.1, 0.15) is 11.6 Å². The quantitative estimate of drug-likeness (QED) is 0.464. The maximum Gasteiger partial charge on any atom is 0.287 e. The lowest BCUT2D eigenvalue weighted by Crippen LogP contribution is -2.60. The molecule has 0 radical (unpaired) electrons. The van der Waals surface area contributed by atoms with Crippen LogP contribution in [-0.2, 0) is 19.4 Å². The standard InChI is InChI=1S/C27H32N4O6S/c1-17(2)15-20(30-25(33)22-16-18-9-3-4-11-21(18)37-22)26(34)31-14-8-6-10-19(28)24(32)27(31)38(35,36)23-12-5-7-13-29-23/h3-5,7,9,11-13,16-17,19-20,27H,6,8,10,14-15,28H2,1-2H3,(H,30,33)/t19?,20-,27?/m0/s1. The van der Waals surface area contributed by atoms with E-state index in [0.29, 0.717) is 24.8 Å². The zero-order valence-electron chi connectivity index (χ0n) is 21.4. The number of fused-ring (bicyclic) bond motifs is 1. The molecule has 0 aliphatic carbocycles. The number of hydrogen-bond acceptors (Lipinski definition) is 8. The van der Waals surface area contributed by atoms with Crippen molar-refractivity contribution in [3.8, 4) is 0 Å². The number of furan rings is 1. The third kappa shape index (κ3) is 5.78. The molecule has 11 heteroatoms. The lowest BCUT2D eigenvalue weighted by atomic mass is 9.99. The number of likely N-dealkylation sites (tertiary alicyclic amines) is 1. The number of ketones is 1. The summed E-state index contributed by atoms with van der Waals surface area (Å²) in [5, 5.41) is 1.28. The van der Waals surface area contributed by atoms with E-state index in [-0.39, 0.29) is 29.7 Å². The average molecular weight is 541 g/mol. The Bertz CT molecular complexity index is 1390. The first-order chi connectivity index (χ1) is 18.1. The summed E-state index contributed by atoms with van der Waals surface area (Å²) in [6, 6.07) is 10.9. The van der Waals surface area contributed by atoms with Crippen LogP contribution in [0.5, 0.6) is 0 Å². The Morgan fingerprint density at radius 1 is 1.16 bits per heavy atom. The molecule has 1 aliphatic rings. The van der Waals surface area contributed by atoms with Gasteiger partial charge in [-0.2, -0.15) is 0 Å². The minimum absolute atomic E-state index is 0.0170. The fourth-order valence-corrected chi connectivity index (χ4v) is 6.36. The van der Waals surface area contributed by atoms with Crippen LogP contribution in [0.4, 0.5) is 0 Å². The number of benzene rings is 1. The molecule has 0 bridgehead atoms. The molecule has 10 nitrogen and oxygen atoms in total. The number of nitrogens with two attached hydrogens (primary N) is 1. The zero-order chi connectivity index (χ0) is 27.4. The number of nitrogens with one attached hydrogen (secondary N) is 1.